The van der Waals surface area contributed by atoms with Crippen LogP contribution >= 0.6 is 0 Å². The van der Waals surface area contributed by atoms with Crippen molar-refractivity contribution in [3.05, 3.63) is 35.4 Å². The van der Waals surface area contributed by atoms with Gasteiger partial charge in [-0.1, -0.05) is 12.1 Å². The largest absolute Gasteiger partial charge is 0.489 e. The molecule has 2 rings (SSSR count). The zero-order chi connectivity index (χ0) is 10.7. The van der Waals surface area contributed by atoms with E-state index in [0.29, 0.717) is 18.8 Å². The smallest absolute Gasteiger partial charge is 0.338 e. The van der Waals surface area contributed by atoms with Crippen LogP contribution in [0.2, 0.25) is 0 Å². The van der Waals surface area contributed by atoms with Crippen molar-refractivity contribution in [3.63, 3.8) is 0 Å². The minimum Gasteiger partial charge on any atom is -0.489 e. The van der Waals surface area contributed by atoms with Crippen LogP contribution in [0.15, 0.2) is 24.3 Å². The number of hydrogen-bond donors (Lipinski definition) is 0. The molecule has 0 radical (unpaired) electrons. The molecule has 0 amide bonds. The van der Waals surface area contributed by atoms with E-state index in [2.05, 4.69) is 0 Å². The first-order valence-corrected chi connectivity index (χ1v) is 4.92. The Hall–Kier alpha value is -1.77. The van der Waals surface area contributed by atoms with Crippen molar-refractivity contribution in [2.75, 3.05) is 13.2 Å². The van der Waals surface area contributed by atoms with Crippen molar-refractivity contribution >= 4 is 12.0 Å². The van der Waals surface area contributed by atoms with Crippen molar-refractivity contribution in [2.45, 2.75) is 6.92 Å². The van der Waals surface area contributed by atoms with Gasteiger partial charge < -0.3 is 9.47 Å². The minimum absolute atomic E-state index is 0.307. The summed E-state index contributed by atoms with van der Waals surface area (Å²) in [6.07, 6.45) is 3.92. The lowest BCUT2D eigenvalue weighted by Gasteiger charge is -2.12. The van der Waals surface area contributed by atoms with Gasteiger partial charge in [-0.25, -0.2) is 4.79 Å². The quantitative estimate of drug-likeness (QED) is 0.693. The van der Waals surface area contributed by atoms with Crippen LogP contribution < -0.4 is 4.74 Å². The number of esters is 1. The summed E-state index contributed by atoms with van der Waals surface area (Å²) in [5.41, 5.74) is 1.53. The summed E-state index contributed by atoms with van der Waals surface area (Å²) in [7, 11) is 0. The second kappa shape index (κ2) is 4.17. The summed E-state index contributed by atoms with van der Waals surface area (Å²) < 4.78 is 10.3. The predicted octanol–water partition coefficient (Wildman–Crippen LogP) is 2.27. The summed E-state index contributed by atoms with van der Waals surface area (Å²) >= 11 is 0. The number of ether oxygens (including phenoxy) is 2. The van der Waals surface area contributed by atoms with Gasteiger partial charge in [0.05, 0.1) is 12.2 Å². The molecule has 1 aromatic rings. The molecule has 3 heteroatoms. The van der Waals surface area contributed by atoms with Crippen molar-refractivity contribution < 1.29 is 14.3 Å². The highest BCUT2D eigenvalue weighted by Gasteiger charge is 2.11. The maximum absolute atomic E-state index is 11.4. The molecule has 0 N–H and O–H groups in total. The van der Waals surface area contributed by atoms with Crippen LogP contribution in [0.4, 0.5) is 0 Å². The van der Waals surface area contributed by atoms with E-state index in [-0.39, 0.29) is 5.97 Å². The van der Waals surface area contributed by atoms with E-state index in [1.54, 1.807) is 19.1 Å². The van der Waals surface area contributed by atoms with Gasteiger partial charge in [0, 0.05) is 5.56 Å². The normalized spacial score (nSPS) is 12.9. The highest BCUT2D eigenvalue weighted by molar-refractivity contribution is 5.90. The third-order valence-corrected chi connectivity index (χ3v) is 2.16. The maximum Gasteiger partial charge on any atom is 0.338 e. The standard InChI is InChI=1S/C12H12O3/c1-2-14-12(13)10-6-5-9-4-3-7-15-11(9)8-10/h3-6,8H,2,7H2,1H3. The predicted molar refractivity (Wildman–Crippen MR) is 56.9 cm³/mol. The molecule has 3 nitrogen and oxygen atoms in total. The van der Waals surface area contributed by atoms with E-state index < -0.39 is 0 Å². The van der Waals surface area contributed by atoms with Crippen molar-refractivity contribution in [2.24, 2.45) is 0 Å². The van der Waals surface area contributed by atoms with Crippen LogP contribution in [0.1, 0.15) is 22.8 Å². The fraction of sp³-hybridized carbons (Fsp3) is 0.250. The van der Waals surface area contributed by atoms with Crippen LogP contribution in [0, 0.1) is 0 Å². The van der Waals surface area contributed by atoms with Crippen LogP contribution in [-0.4, -0.2) is 19.2 Å². The van der Waals surface area contributed by atoms with Crippen LogP contribution in [0.3, 0.4) is 0 Å². The number of hydrogen-bond acceptors (Lipinski definition) is 3. The molecule has 0 aliphatic carbocycles. The molecular weight excluding hydrogens is 192 g/mol. The molecule has 1 heterocycles. The van der Waals surface area contributed by atoms with Gasteiger partial charge in [-0.3, -0.25) is 0 Å². The molecule has 0 unspecified atom stereocenters. The molecular formula is C12H12O3. The highest BCUT2D eigenvalue weighted by atomic mass is 16.5. The van der Waals surface area contributed by atoms with E-state index in [4.69, 9.17) is 9.47 Å². The van der Waals surface area contributed by atoms with E-state index in [1.807, 2.05) is 18.2 Å². The number of benzene rings is 1. The van der Waals surface area contributed by atoms with E-state index in [9.17, 15) is 4.79 Å². The van der Waals surface area contributed by atoms with Crippen LogP contribution in [0.25, 0.3) is 6.08 Å². The molecule has 15 heavy (non-hydrogen) atoms. The Kier molecular flexibility index (Phi) is 2.72. The summed E-state index contributed by atoms with van der Waals surface area (Å²) in [6.45, 7) is 2.73. The average molecular weight is 204 g/mol. The molecule has 0 bridgehead atoms. The topological polar surface area (TPSA) is 35.5 Å². The Balaban J connectivity index is 2.28. The first kappa shape index (κ1) is 9.77. The highest BCUT2D eigenvalue weighted by Crippen LogP contribution is 2.25. The third-order valence-electron chi connectivity index (χ3n) is 2.16. The van der Waals surface area contributed by atoms with Crippen molar-refractivity contribution in [1.82, 2.24) is 0 Å². The van der Waals surface area contributed by atoms with E-state index in [0.717, 1.165) is 11.3 Å². The second-order valence-electron chi connectivity index (χ2n) is 3.19. The Morgan fingerprint density at radius 1 is 1.53 bits per heavy atom. The van der Waals surface area contributed by atoms with Gasteiger partial charge in [-0.05, 0) is 25.1 Å². The molecule has 78 valence electrons. The lowest BCUT2D eigenvalue weighted by Crippen LogP contribution is -2.07. The third kappa shape index (κ3) is 2.01. The molecule has 0 aromatic heterocycles. The van der Waals surface area contributed by atoms with Gasteiger partial charge in [0.15, 0.2) is 0 Å². The molecule has 0 saturated heterocycles. The molecule has 1 aromatic carbocycles. The number of fused-ring (bicyclic) bond motifs is 1. The van der Waals surface area contributed by atoms with Crippen molar-refractivity contribution in [1.29, 1.82) is 0 Å². The summed E-state index contributed by atoms with van der Waals surface area (Å²) in [5, 5.41) is 0. The van der Waals surface area contributed by atoms with Gasteiger partial charge in [-0.2, -0.15) is 0 Å². The lowest BCUT2D eigenvalue weighted by atomic mass is 10.1. The second-order valence-corrected chi connectivity index (χ2v) is 3.19. The first-order valence-electron chi connectivity index (χ1n) is 4.92. The number of rotatable bonds is 2. The monoisotopic (exact) mass is 204 g/mol. The fourth-order valence-corrected chi connectivity index (χ4v) is 1.45. The Morgan fingerprint density at radius 3 is 3.20 bits per heavy atom. The van der Waals surface area contributed by atoms with Gasteiger partial charge in [0.25, 0.3) is 0 Å². The molecule has 0 atom stereocenters. The van der Waals surface area contributed by atoms with Gasteiger partial charge >= 0.3 is 5.97 Å². The fourth-order valence-electron chi connectivity index (χ4n) is 1.45. The van der Waals surface area contributed by atoms with Crippen LogP contribution in [0.5, 0.6) is 5.75 Å². The van der Waals surface area contributed by atoms with Gasteiger partial charge in [-0.15, -0.1) is 0 Å². The van der Waals surface area contributed by atoms with E-state index in [1.165, 1.54) is 0 Å². The summed E-state index contributed by atoms with van der Waals surface area (Å²) in [5.74, 6) is 0.432. The zero-order valence-electron chi connectivity index (χ0n) is 8.53. The summed E-state index contributed by atoms with van der Waals surface area (Å²) in [4.78, 5) is 11.4. The maximum atomic E-state index is 11.4. The van der Waals surface area contributed by atoms with E-state index >= 15 is 0 Å². The molecule has 0 spiro atoms. The minimum atomic E-state index is -0.307. The first-order chi connectivity index (χ1) is 7.31. The molecule has 1 aliphatic rings. The van der Waals surface area contributed by atoms with Gasteiger partial charge in [0.2, 0.25) is 0 Å². The SMILES string of the molecule is CCOC(=O)c1ccc2c(c1)OCC=C2. The molecule has 0 saturated carbocycles. The Bertz CT molecular complexity index is 407. The average Bonchev–Trinajstić information content (AvgIpc) is 2.29. The molecule has 1 aliphatic heterocycles. The zero-order valence-corrected chi connectivity index (χ0v) is 8.53. The summed E-state index contributed by atoms with van der Waals surface area (Å²) in [6, 6.07) is 5.32. The van der Waals surface area contributed by atoms with Gasteiger partial charge in [0.1, 0.15) is 12.4 Å². The Morgan fingerprint density at radius 2 is 2.40 bits per heavy atom. The number of carbonyl (C=O) groups is 1. The lowest BCUT2D eigenvalue weighted by molar-refractivity contribution is 0.0526. The van der Waals surface area contributed by atoms with Crippen molar-refractivity contribution in [3.8, 4) is 5.75 Å². The Labute approximate surface area is 88.3 Å². The molecule has 0 fully saturated rings. The number of carbonyl (C=O) groups excluding carboxylic acids is 1. The van der Waals surface area contributed by atoms with Crippen LogP contribution in [-0.2, 0) is 4.74 Å².